The predicted molar refractivity (Wildman–Crippen MR) is 111 cm³/mol. The van der Waals surface area contributed by atoms with Crippen molar-refractivity contribution in [2.24, 2.45) is 11.7 Å². The van der Waals surface area contributed by atoms with Crippen LogP contribution in [0.2, 0.25) is 0 Å². The number of likely N-dealkylation sites (tertiary alicyclic amines) is 1. The van der Waals surface area contributed by atoms with Gasteiger partial charge in [0.1, 0.15) is 11.8 Å². The van der Waals surface area contributed by atoms with Gasteiger partial charge in [-0.1, -0.05) is 13.8 Å². The Hall–Kier alpha value is -2.30. The van der Waals surface area contributed by atoms with E-state index in [1.807, 2.05) is 30.2 Å². The second kappa shape index (κ2) is 7.44. The average molecular weight is 418 g/mol. The zero-order valence-corrected chi connectivity index (χ0v) is 17.8. The van der Waals surface area contributed by atoms with Crippen LogP contribution in [0.1, 0.15) is 46.1 Å². The molecule has 0 unspecified atom stereocenters. The van der Waals surface area contributed by atoms with Gasteiger partial charge in [-0.15, -0.1) is 0 Å². The third kappa shape index (κ3) is 3.52. The molecule has 1 spiro atoms. The number of aromatic nitrogens is 4. The van der Waals surface area contributed by atoms with E-state index in [9.17, 15) is 9.90 Å². The largest absolute Gasteiger partial charge is 0.388 e. The van der Waals surface area contributed by atoms with Crippen LogP contribution < -0.4 is 11.5 Å². The van der Waals surface area contributed by atoms with Crippen LogP contribution in [0.15, 0.2) is 12.7 Å². The van der Waals surface area contributed by atoms with Gasteiger partial charge in [0.05, 0.1) is 36.2 Å². The van der Waals surface area contributed by atoms with Crippen LogP contribution in [0.4, 0.5) is 5.82 Å². The molecular weight excluding hydrogens is 386 g/mol. The normalized spacial score (nSPS) is 27.7. The summed E-state index contributed by atoms with van der Waals surface area (Å²) >= 11 is 0. The van der Waals surface area contributed by atoms with Gasteiger partial charge in [0.25, 0.3) is 0 Å². The molecule has 0 bridgehead atoms. The fourth-order valence-corrected chi connectivity index (χ4v) is 4.69. The van der Waals surface area contributed by atoms with Gasteiger partial charge in [-0.2, -0.15) is 0 Å². The number of nitrogen functional groups attached to an aromatic ring is 1. The number of piperidine rings is 1. The maximum Gasteiger partial charge on any atom is 0.239 e. The molecule has 4 heterocycles. The summed E-state index contributed by atoms with van der Waals surface area (Å²) in [5, 5.41) is 11.4. The molecule has 0 aliphatic carbocycles. The van der Waals surface area contributed by atoms with Crippen molar-refractivity contribution in [1.29, 1.82) is 0 Å². The van der Waals surface area contributed by atoms with E-state index in [1.165, 1.54) is 6.33 Å². The number of hydrogen-bond acceptors (Lipinski definition) is 8. The Kier molecular flexibility index (Phi) is 5.19. The summed E-state index contributed by atoms with van der Waals surface area (Å²) in [4.78, 5) is 27.0. The van der Waals surface area contributed by atoms with Crippen LogP contribution in [0.25, 0.3) is 11.2 Å². The highest BCUT2D eigenvalue weighted by Gasteiger charge is 2.50. The first-order valence-electron chi connectivity index (χ1n) is 10.5. The minimum Gasteiger partial charge on any atom is -0.388 e. The van der Waals surface area contributed by atoms with E-state index in [0.717, 1.165) is 0 Å². The first-order valence-corrected chi connectivity index (χ1v) is 10.5. The molecule has 4 rings (SSSR count). The van der Waals surface area contributed by atoms with E-state index in [1.54, 1.807) is 6.33 Å². The monoisotopic (exact) mass is 417 g/mol. The SMILES string of the molecule is CC(C)[C@@H](N)C(=O)N1CCC2(CC1)C[C@@](C)(O)[C@H](n1cnc3c(N)ncnc31)CO2. The molecule has 2 aliphatic heterocycles. The van der Waals surface area contributed by atoms with Crippen LogP contribution in [0, 0.1) is 5.92 Å². The molecule has 10 nitrogen and oxygen atoms in total. The number of carbonyl (C=O) groups is 1. The van der Waals surface area contributed by atoms with Crippen LogP contribution in [0.3, 0.4) is 0 Å². The number of fused-ring (bicyclic) bond motifs is 1. The summed E-state index contributed by atoms with van der Waals surface area (Å²) in [5.41, 5.74) is 11.5. The molecule has 0 aromatic carbocycles. The number of carbonyl (C=O) groups excluding carboxylic acids is 1. The van der Waals surface area contributed by atoms with Crippen LogP contribution in [-0.4, -0.2) is 72.4 Å². The molecular formula is C20H31N7O3. The van der Waals surface area contributed by atoms with Crippen molar-refractivity contribution in [1.82, 2.24) is 24.4 Å². The Bertz CT molecular complexity index is 934. The maximum atomic E-state index is 12.6. The molecule has 2 aromatic rings. The van der Waals surface area contributed by atoms with E-state index >= 15 is 0 Å². The van der Waals surface area contributed by atoms with Crippen molar-refractivity contribution < 1.29 is 14.6 Å². The van der Waals surface area contributed by atoms with Gasteiger partial charge in [0.2, 0.25) is 5.91 Å². The molecule has 0 radical (unpaired) electrons. The molecule has 10 heteroatoms. The first kappa shape index (κ1) is 21.0. The first-order chi connectivity index (χ1) is 14.1. The summed E-state index contributed by atoms with van der Waals surface area (Å²) < 4.78 is 8.16. The van der Waals surface area contributed by atoms with Crippen molar-refractivity contribution in [3.63, 3.8) is 0 Å². The maximum absolute atomic E-state index is 12.6. The number of aliphatic hydroxyl groups is 1. The lowest BCUT2D eigenvalue weighted by molar-refractivity contribution is -0.197. The van der Waals surface area contributed by atoms with Gasteiger partial charge in [0, 0.05) is 19.5 Å². The standard InChI is InChI=1S/C20H31N7O3/c1-12(2)14(21)18(28)26-6-4-20(5-7-26)9-19(3,29)13(8-30-20)27-11-25-15-16(22)23-10-24-17(15)27/h10-14,29H,4-9,21H2,1-3H3,(H2,22,23,24)/t13-,14-,19-/m1/s1. The van der Waals surface area contributed by atoms with Crippen LogP contribution >= 0.6 is 0 Å². The number of imidazole rings is 1. The lowest BCUT2D eigenvalue weighted by atomic mass is 9.75. The quantitative estimate of drug-likeness (QED) is 0.653. The van der Waals surface area contributed by atoms with Gasteiger partial charge in [-0.25, -0.2) is 15.0 Å². The number of hydrogen-bond donors (Lipinski definition) is 3. The second-order valence-electron chi connectivity index (χ2n) is 9.22. The molecule has 2 aliphatic rings. The lowest BCUT2D eigenvalue weighted by Gasteiger charge is -2.51. The van der Waals surface area contributed by atoms with Gasteiger partial charge in [-0.05, 0) is 25.7 Å². The zero-order valence-electron chi connectivity index (χ0n) is 17.8. The Balaban J connectivity index is 1.48. The molecule has 2 aromatic heterocycles. The number of anilines is 1. The fraction of sp³-hybridized carbons (Fsp3) is 0.700. The summed E-state index contributed by atoms with van der Waals surface area (Å²) in [7, 11) is 0. The summed E-state index contributed by atoms with van der Waals surface area (Å²) in [6, 6.07) is -0.834. The van der Waals surface area contributed by atoms with Gasteiger partial charge in [-0.3, -0.25) is 4.79 Å². The van der Waals surface area contributed by atoms with Gasteiger partial charge >= 0.3 is 0 Å². The third-order valence-corrected chi connectivity index (χ3v) is 6.66. The summed E-state index contributed by atoms with van der Waals surface area (Å²) in [6.45, 7) is 7.21. The highest BCUT2D eigenvalue weighted by Crippen LogP contribution is 2.44. The van der Waals surface area contributed by atoms with Gasteiger partial charge in [0.15, 0.2) is 11.5 Å². The van der Waals surface area contributed by atoms with E-state index in [2.05, 4.69) is 15.0 Å². The molecule has 2 saturated heterocycles. The number of ether oxygens (including phenoxy) is 1. The lowest BCUT2D eigenvalue weighted by Crippen LogP contribution is -2.59. The second-order valence-corrected chi connectivity index (χ2v) is 9.22. The van der Waals surface area contributed by atoms with Crippen LogP contribution in [0.5, 0.6) is 0 Å². The predicted octanol–water partition coefficient (Wildman–Crippen LogP) is 0.465. The van der Waals surface area contributed by atoms with E-state index in [4.69, 9.17) is 16.2 Å². The average Bonchev–Trinajstić information content (AvgIpc) is 3.12. The minimum atomic E-state index is -1.04. The zero-order chi connectivity index (χ0) is 21.7. The minimum absolute atomic E-state index is 0.0116. The number of nitrogens with zero attached hydrogens (tertiary/aromatic N) is 5. The summed E-state index contributed by atoms with van der Waals surface area (Å²) in [5.74, 6) is 0.398. The molecule has 5 N–H and O–H groups in total. The van der Waals surface area contributed by atoms with Crippen molar-refractivity contribution in [2.45, 2.75) is 63.3 Å². The molecule has 30 heavy (non-hydrogen) atoms. The third-order valence-electron chi connectivity index (χ3n) is 6.66. The number of amides is 1. The number of rotatable bonds is 3. The molecule has 2 fully saturated rings. The van der Waals surface area contributed by atoms with Crippen molar-refractivity contribution >= 4 is 22.9 Å². The van der Waals surface area contributed by atoms with Gasteiger partial charge < -0.3 is 30.8 Å². The van der Waals surface area contributed by atoms with Crippen molar-refractivity contribution in [3.8, 4) is 0 Å². The highest BCUT2D eigenvalue weighted by atomic mass is 16.5. The fourth-order valence-electron chi connectivity index (χ4n) is 4.69. The summed E-state index contributed by atoms with van der Waals surface area (Å²) in [6.07, 6.45) is 4.83. The van der Waals surface area contributed by atoms with E-state index in [-0.39, 0.29) is 17.9 Å². The Morgan fingerprint density at radius 2 is 2.00 bits per heavy atom. The molecule has 1 amide bonds. The topological polar surface area (TPSA) is 145 Å². The number of nitrogens with two attached hydrogens (primary N) is 2. The van der Waals surface area contributed by atoms with Crippen molar-refractivity contribution in [2.75, 3.05) is 25.4 Å². The van der Waals surface area contributed by atoms with E-state index < -0.39 is 17.2 Å². The molecule has 3 atom stereocenters. The molecule has 164 valence electrons. The molecule has 0 saturated carbocycles. The Morgan fingerprint density at radius 3 is 2.63 bits per heavy atom. The Labute approximate surface area is 175 Å². The Morgan fingerprint density at radius 1 is 1.30 bits per heavy atom. The smallest absolute Gasteiger partial charge is 0.239 e. The van der Waals surface area contributed by atoms with Crippen molar-refractivity contribution in [3.05, 3.63) is 12.7 Å². The highest BCUT2D eigenvalue weighted by molar-refractivity contribution is 5.82. The van der Waals surface area contributed by atoms with Crippen LogP contribution in [-0.2, 0) is 9.53 Å². The van der Waals surface area contributed by atoms with E-state index in [0.29, 0.717) is 55.9 Å².